The highest BCUT2D eigenvalue weighted by atomic mass is 31.2. The minimum atomic E-state index is -4.96. The van der Waals surface area contributed by atoms with Crippen molar-refractivity contribution in [3.8, 4) is 0 Å². The summed E-state index contributed by atoms with van der Waals surface area (Å²) in [4.78, 5) is 72.7. The van der Waals surface area contributed by atoms with E-state index in [0.717, 1.165) is 109 Å². The fourth-order valence-corrected chi connectivity index (χ4v) is 12.9. The van der Waals surface area contributed by atoms with E-state index in [1.54, 1.807) is 0 Å². The zero-order valence-corrected chi connectivity index (χ0v) is 63.8. The summed E-state index contributed by atoms with van der Waals surface area (Å²) in [5.41, 5.74) is 0. The molecule has 0 radical (unpaired) electrons. The normalized spacial score (nSPS) is 14.1. The molecule has 0 rings (SSSR count). The Bertz CT molecular complexity index is 1930. The third kappa shape index (κ3) is 70.0. The van der Waals surface area contributed by atoms with Crippen molar-refractivity contribution in [3.05, 3.63) is 24.3 Å². The molecule has 0 saturated carbocycles. The number of ether oxygens (including phenoxy) is 4. The van der Waals surface area contributed by atoms with Crippen LogP contribution in [0, 0.1) is 5.92 Å². The number of allylic oxidation sites excluding steroid dienone is 4. The van der Waals surface area contributed by atoms with E-state index in [9.17, 15) is 43.2 Å². The van der Waals surface area contributed by atoms with Crippen LogP contribution in [0.3, 0.4) is 0 Å². The Morgan fingerprint density at radius 2 is 0.562 bits per heavy atom. The molecular weight excluding hydrogens is 1260 g/mol. The van der Waals surface area contributed by atoms with E-state index < -0.39 is 97.5 Å². The Morgan fingerprint density at radius 1 is 0.323 bits per heavy atom. The van der Waals surface area contributed by atoms with Crippen LogP contribution in [0.5, 0.6) is 0 Å². The number of unbranched alkanes of at least 4 members (excludes halogenated alkanes) is 44. The number of phosphoric acid groups is 2. The van der Waals surface area contributed by atoms with Crippen LogP contribution in [0.4, 0.5) is 0 Å². The second-order valence-electron chi connectivity index (χ2n) is 27.5. The standard InChI is InChI=1S/C77H146O17P2/c1-6-9-12-15-18-21-23-25-27-28-29-30-31-32-33-35-37-39-42-47-52-57-62-76(81)93-72(66-88-75(80)61-56-51-46-41-38-36-34-26-24-22-19-16-13-10-7-2)68-91-95(83,84)89-64-71(78)65-90-96(85,86)92-69-73(67-87-74(79)60-55-50-45-40-20-17-14-11-8-3)94-77(82)63-58-53-48-43-44-49-54-59-70(4)5/h22,24,26,34,70-73,78H,6-21,23,25,27-33,35-69H2,1-5H3,(H,83,84)(H,85,86)/b24-22-,34-26-/t71-,72-,73-/m1/s1. The van der Waals surface area contributed by atoms with Crippen molar-refractivity contribution in [1.82, 2.24) is 0 Å². The topological polar surface area (TPSA) is 237 Å². The molecule has 2 unspecified atom stereocenters. The smallest absolute Gasteiger partial charge is 0.462 e. The SMILES string of the molecule is CCCCCC/C=C\C=C/CCCCCCCC(=O)OC[C@H](COP(=O)(O)OC[C@@H](O)COP(=O)(O)OC[C@@H](COC(=O)CCCCCCCCCCC)OC(=O)CCCCCCCCCC(C)C)OC(=O)CCCCCCCCCCCCCCCCCCCCCCCC. The lowest BCUT2D eigenvalue weighted by atomic mass is 10.0. The van der Waals surface area contributed by atoms with Crippen LogP contribution >= 0.6 is 15.6 Å². The Hall–Kier alpha value is -2.46. The van der Waals surface area contributed by atoms with E-state index in [4.69, 9.17) is 37.0 Å². The first-order valence-corrected chi connectivity index (χ1v) is 42.4. The predicted octanol–water partition coefficient (Wildman–Crippen LogP) is 22.4. The summed E-state index contributed by atoms with van der Waals surface area (Å²) in [5.74, 6) is -1.46. The van der Waals surface area contributed by atoms with E-state index >= 15 is 0 Å². The van der Waals surface area contributed by atoms with Gasteiger partial charge in [0.1, 0.15) is 19.3 Å². The Labute approximate surface area is 586 Å². The first-order chi connectivity index (χ1) is 46.5. The lowest BCUT2D eigenvalue weighted by Crippen LogP contribution is -2.30. The van der Waals surface area contributed by atoms with Crippen LogP contribution in [-0.4, -0.2) is 96.7 Å². The number of esters is 4. The summed E-state index contributed by atoms with van der Waals surface area (Å²) in [6, 6.07) is 0. The zero-order chi connectivity index (χ0) is 70.5. The second kappa shape index (κ2) is 69.6. The zero-order valence-electron chi connectivity index (χ0n) is 62.0. The first kappa shape index (κ1) is 93.5. The average Bonchev–Trinajstić information content (AvgIpc) is 1.08. The highest BCUT2D eigenvalue weighted by Gasteiger charge is 2.30. The van der Waals surface area contributed by atoms with Gasteiger partial charge >= 0.3 is 39.5 Å². The van der Waals surface area contributed by atoms with Gasteiger partial charge in [-0.2, -0.15) is 0 Å². The van der Waals surface area contributed by atoms with Gasteiger partial charge in [0.25, 0.3) is 0 Å². The molecule has 0 fully saturated rings. The molecule has 0 aliphatic heterocycles. The number of phosphoric ester groups is 2. The first-order valence-electron chi connectivity index (χ1n) is 39.5. The Balaban J connectivity index is 5.20. The Kier molecular flexibility index (Phi) is 67.8. The molecule has 0 aliphatic rings. The van der Waals surface area contributed by atoms with Crippen molar-refractivity contribution < 1.29 is 80.2 Å². The molecule has 566 valence electrons. The maximum atomic E-state index is 13.1. The lowest BCUT2D eigenvalue weighted by Gasteiger charge is -2.21. The minimum absolute atomic E-state index is 0.101. The van der Waals surface area contributed by atoms with E-state index in [1.807, 2.05) is 0 Å². The van der Waals surface area contributed by atoms with Gasteiger partial charge in [-0.3, -0.25) is 37.3 Å². The molecular formula is C77H146O17P2. The van der Waals surface area contributed by atoms with Crippen LogP contribution in [-0.2, 0) is 65.4 Å². The number of rotatable bonds is 75. The second-order valence-corrected chi connectivity index (χ2v) is 30.4. The lowest BCUT2D eigenvalue weighted by molar-refractivity contribution is -0.161. The highest BCUT2D eigenvalue weighted by molar-refractivity contribution is 7.47. The third-order valence-electron chi connectivity index (χ3n) is 17.4. The van der Waals surface area contributed by atoms with Gasteiger partial charge in [-0.05, 0) is 57.3 Å². The van der Waals surface area contributed by atoms with Gasteiger partial charge < -0.3 is 33.8 Å². The van der Waals surface area contributed by atoms with Gasteiger partial charge in [0.2, 0.25) is 0 Å². The summed E-state index contributed by atoms with van der Waals surface area (Å²) in [6.45, 7) is 7.14. The van der Waals surface area contributed by atoms with Gasteiger partial charge in [-0.15, -0.1) is 0 Å². The molecule has 19 heteroatoms. The quantitative estimate of drug-likeness (QED) is 0.0169. The fourth-order valence-electron chi connectivity index (χ4n) is 11.3. The van der Waals surface area contributed by atoms with Crippen molar-refractivity contribution in [3.63, 3.8) is 0 Å². The van der Waals surface area contributed by atoms with Crippen molar-refractivity contribution in [2.24, 2.45) is 5.92 Å². The monoisotopic (exact) mass is 1410 g/mol. The van der Waals surface area contributed by atoms with Crippen LogP contribution in [0.2, 0.25) is 0 Å². The molecule has 3 N–H and O–H groups in total. The number of hydrogen-bond acceptors (Lipinski definition) is 15. The number of carbonyl (C=O) groups is 4. The van der Waals surface area contributed by atoms with Gasteiger partial charge in [0.05, 0.1) is 26.4 Å². The summed E-state index contributed by atoms with van der Waals surface area (Å²) >= 11 is 0. The molecule has 0 aromatic rings. The van der Waals surface area contributed by atoms with Crippen molar-refractivity contribution >= 4 is 39.5 Å². The van der Waals surface area contributed by atoms with Gasteiger partial charge in [0.15, 0.2) is 12.2 Å². The molecule has 0 aliphatic carbocycles. The third-order valence-corrected chi connectivity index (χ3v) is 19.3. The van der Waals surface area contributed by atoms with E-state index in [0.29, 0.717) is 31.6 Å². The maximum absolute atomic E-state index is 13.1. The van der Waals surface area contributed by atoms with Crippen LogP contribution in [0.15, 0.2) is 24.3 Å². The minimum Gasteiger partial charge on any atom is -0.462 e. The van der Waals surface area contributed by atoms with Crippen molar-refractivity contribution in [2.75, 3.05) is 39.6 Å². The molecule has 5 atom stereocenters. The van der Waals surface area contributed by atoms with Gasteiger partial charge in [-0.25, -0.2) is 9.13 Å². The van der Waals surface area contributed by atoms with Gasteiger partial charge in [0, 0.05) is 25.7 Å². The summed E-state index contributed by atoms with van der Waals surface area (Å²) in [7, 11) is -9.92. The predicted molar refractivity (Wildman–Crippen MR) is 391 cm³/mol. The van der Waals surface area contributed by atoms with Crippen LogP contribution in [0.25, 0.3) is 0 Å². The molecule has 0 spiro atoms. The van der Waals surface area contributed by atoms with Crippen LogP contribution in [0.1, 0.15) is 381 Å². The van der Waals surface area contributed by atoms with E-state index in [2.05, 4.69) is 58.9 Å². The number of hydrogen-bond donors (Lipinski definition) is 3. The molecule has 0 bridgehead atoms. The molecule has 0 saturated heterocycles. The Morgan fingerprint density at radius 3 is 0.854 bits per heavy atom. The van der Waals surface area contributed by atoms with Crippen molar-refractivity contribution in [2.45, 2.75) is 400 Å². The molecule has 17 nitrogen and oxygen atoms in total. The number of carbonyl (C=O) groups excluding carboxylic acids is 4. The van der Waals surface area contributed by atoms with E-state index in [1.165, 1.54) is 186 Å². The van der Waals surface area contributed by atoms with Crippen LogP contribution < -0.4 is 0 Å². The molecule has 0 aromatic carbocycles. The number of aliphatic hydroxyl groups is 1. The molecule has 96 heavy (non-hydrogen) atoms. The molecule has 0 amide bonds. The average molecular weight is 1410 g/mol. The van der Waals surface area contributed by atoms with Gasteiger partial charge in [-0.1, -0.05) is 329 Å². The highest BCUT2D eigenvalue weighted by Crippen LogP contribution is 2.45. The molecule has 0 aromatic heterocycles. The fraction of sp³-hybridized carbons (Fsp3) is 0.896. The summed E-state index contributed by atoms with van der Waals surface area (Å²) in [6.07, 6.45) is 62.2. The summed E-state index contributed by atoms with van der Waals surface area (Å²) in [5, 5.41) is 10.6. The summed E-state index contributed by atoms with van der Waals surface area (Å²) < 4.78 is 68.4. The number of aliphatic hydroxyl groups excluding tert-OH is 1. The van der Waals surface area contributed by atoms with E-state index in [-0.39, 0.29) is 25.7 Å². The maximum Gasteiger partial charge on any atom is 0.472 e. The molecule has 0 heterocycles. The largest absolute Gasteiger partial charge is 0.472 e. The van der Waals surface area contributed by atoms with Crippen molar-refractivity contribution in [1.29, 1.82) is 0 Å².